The van der Waals surface area contributed by atoms with Gasteiger partial charge in [0, 0.05) is 44.5 Å². The molecule has 6 nitrogen and oxygen atoms in total. The molecule has 0 radical (unpaired) electrons. The normalized spacial score (nSPS) is 24.5. The average Bonchev–Trinajstić information content (AvgIpc) is 3.23. The lowest BCUT2D eigenvalue weighted by atomic mass is 9.97. The summed E-state index contributed by atoms with van der Waals surface area (Å²) in [5, 5.41) is 0. The summed E-state index contributed by atoms with van der Waals surface area (Å²) in [6, 6.07) is 4.27. The Morgan fingerprint density at radius 3 is 2.85 bits per heavy atom. The molecule has 0 spiro atoms. The second kappa shape index (κ2) is 7.02. The van der Waals surface area contributed by atoms with Crippen molar-refractivity contribution in [3.05, 3.63) is 48.2 Å². The largest absolute Gasteiger partial charge is 0.355 e. The van der Waals surface area contributed by atoms with E-state index in [1.54, 1.807) is 12.4 Å². The minimum Gasteiger partial charge on any atom is -0.355 e. The quantitative estimate of drug-likeness (QED) is 0.844. The molecule has 1 aliphatic carbocycles. The second-order valence-corrected chi connectivity index (χ2v) is 7.53. The van der Waals surface area contributed by atoms with Crippen molar-refractivity contribution in [2.75, 3.05) is 25.0 Å². The van der Waals surface area contributed by atoms with Crippen LogP contribution in [0.4, 0.5) is 5.82 Å². The molecule has 1 amide bonds. The maximum atomic E-state index is 12.7. The van der Waals surface area contributed by atoms with Crippen LogP contribution in [-0.2, 0) is 11.2 Å². The second-order valence-electron chi connectivity index (χ2n) is 7.53. The molecule has 136 valence electrons. The lowest BCUT2D eigenvalue weighted by Gasteiger charge is -2.30. The molecule has 2 aliphatic rings. The molecule has 3 atom stereocenters. The first-order valence-electron chi connectivity index (χ1n) is 9.30. The van der Waals surface area contributed by atoms with Gasteiger partial charge in [0.05, 0.1) is 24.5 Å². The number of anilines is 1. The van der Waals surface area contributed by atoms with Crippen LogP contribution >= 0.6 is 0 Å². The Morgan fingerprint density at radius 2 is 2.12 bits per heavy atom. The molecule has 2 aromatic heterocycles. The van der Waals surface area contributed by atoms with Gasteiger partial charge in [-0.15, -0.1) is 0 Å². The number of carbonyl (C=O) groups is 1. The molecule has 3 heterocycles. The predicted octanol–water partition coefficient (Wildman–Crippen LogP) is 2.10. The molecule has 4 rings (SSSR count). The van der Waals surface area contributed by atoms with Gasteiger partial charge < -0.3 is 9.80 Å². The van der Waals surface area contributed by atoms with Crippen molar-refractivity contribution in [1.82, 2.24) is 19.9 Å². The molecule has 2 aromatic rings. The topological polar surface area (TPSA) is 62.2 Å². The molecule has 1 aliphatic heterocycles. The summed E-state index contributed by atoms with van der Waals surface area (Å²) in [6.07, 6.45) is 9.96. The fourth-order valence-electron chi connectivity index (χ4n) is 4.45. The first kappa shape index (κ1) is 16.9. The number of hydrogen-bond acceptors (Lipinski definition) is 5. The molecule has 1 saturated carbocycles. The number of amides is 1. The molecule has 2 fully saturated rings. The first-order chi connectivity index (χ1) is 12.6. The van der Waals surface area contributed by atoms with E-state index in [0.29, 0.717) is 24.3 Å². The molecular weight excluding hydrogens is 326 g/mol. The maximum absolute atomic E-state index is 12.7. The number of nitrogens with zero attached hydrogens (tertiary/aromatic N) is 5. The van der Waals surface area contributed by atoms with Crippen molar-refractivity contribution in [3.63, 3.8) is 0 Å². The fraction of sp³-hybridized carbons (Fsp3) is 0.500. The lowest BCUT2D eigenvalue weighted by molar-refractivity contribution is -0.129. The summed E-state index contributed by atoms with van der Waals surface area (Å²) < 4.78 is 0. The number of aryl methyl sites for hydroxylation is 1. The first-order valence-corrected chi connectivity index (χ1v) is 9.30. The standard InChI is InChI=1S/C20H25N5O/c1-14-9-23-19(11-22-14)24(2)18-6-5-16-12-25(13-17(16)18)20(26)8-15-4-3-7-21-10-15/h3-4,7,9-11,16-18H,5-6,8,12-13H2,1-2H3/t16-,17+,18-/m1/s1. The average molecular weight is 351 g/mol. The van der Waals surface area contributed by atoms with Crippen LogP contribution in [0.5, 0.6) is 0 Å². The minimum atomic E-state index is 0.212. The van der Waals surface area contributed by atoms with Crippen LogP contribution in [0, 0.1) is 18.8 Å². The van der Waals surface area contributed by atoms with Crippen molar-refractivity contribution < 1.29 is 4.79 Å². The van der Waals surface area contributed by atoms with Gasteiger partial charge in [-0.3, -0.25) is 14.8 Å². The molecular formula is C20H25N5O. The van der Waals surface area contributed by atoms with Crippen LogP contribution in [0.3, 0.4) is 0 Å². The molecule has 0 N–H and O–H groups in total. The van der Waals surface area contributed by atoms with Crippen LogP contribution in [0.15, 0.2) is 36.9 Å². The molecule has 0 bridgehead atoms. The van der Waals surface area contributed by atoms with E-state index < -0.39 is 0 Å². The Hall–Kier alpha value is -2.50. The third-order valence-electron chi connectivity index (χ3n) is 5.88. The van der Waals surface area contributed by atoms with Gasteiger partial charge in [-0.05, 0) is 37.3 Å². The summed E-state index contributed by atoms with van der Waals surface area (Å²) >= 11 is 0. The highest BCUT2D eigenvalue weighted by molar-refractivity contribution is 5.79. The number of fused-ring (bicyclic) bond motifs is 1. The maximum Gasteiger partial charge on any atom is 0.227 e. The highest BCUT2D eigenvalue weighted by Crippen LogP contribution is 2.41. The summed E-state index contributed by atoms with van der Waals surface area (Å²) in [5.74, 6) is 2.24. The molecule has 6 heteroatoms. The number of hydrogen-bond donors (Lipinski definition) is 0. The number of likely N-dealkylation sites (tertiary alicyclic amines) is 1. The van der Waals surface area contributed by atoms with Gasteiger partial charge >= 0.3 is 0 Å². The van der Waals surface area contributed by atoms with E-state index in [1.807, 2.05) is 36.4 Å². The van der Waals surface area contributed by atoms with Gasteiger partial charge in [0.1, 0.15) is 5.82 Å². The SMILES string of the molecule is Cc1cnc(N(C)[C@@H]2CC[C@@H]3CN(C(=O)Cc4cccnc4)C[C@@H]32)cn1. The fourth-order valence-corrected chi connectivity index (χ4v) is 4.45. The number of pyridine rings is 1. The van der Waals surface area contributed by atoms with Gasteiger partial charge in [0.25, 0.3) is 0 Å². The highest BCUT2D eigenvalue weighted by atomic mass is 16.2. The number of carbonyl (C=O) groups excluding carboxylic acids is 1. The number of aromatic nitrogens is 3. The van der Waals surface area contributed by atoms with Gasteiger partial charge in [0.15, 0.2) is 0 Å². The van der Waals surface area contributed by atoms with Crippen molar-refractivity contribution in [2.45, 2.75) is 32.2 Å². The van der Waals surface area contributed by atoms with Crippen molar-refractivity contribution in [3.8, 4) is 0 Å². The lowest BCUT2D eigenvalue weighted by Crippen LogP contribution is -2.39. The number of rotatable bonds is 4. The van der Waals surface area contributed by atoms with E-state index in [2.05, 4.69) is 26.9 Å². The zero-order chi connectivity index (χ0) is 18.1. The van der Waals surface area contributed by atoms with Gasteiger partial charge in [-0.25, -0.2) is 4.98 Å². The van der Waals surface area contributed by atoms with E-state index in [-0.39, 0.29) is 5.91 Å². The van der Waals surface area contributed by atoms with E-state index >= 15 is 0 Å². The minimum absolute atomic E-state index is 0.212. The smallest absolute Gasteiger partial charge is 0.227 e. The Bertz CT molecular complexity index is 764. The van der Waals surface area contributed by atoms with Gasteiger partial charge in [-0.1, -0.05) is 6.07 Å². The van der Waals surface area contributed by atoms with Gasteiger partial charge in [-0.2, -0.15) is 0 Å². The zero-order valence-corrected chi connectivity index (χ0v) is 15.4. The summed E-state index contributed by atoms with van der Waals surface area (Å²) in [6.45, 7) is 3.68. The van der Waals surface area contributed by atoms with Crippen LogP contribution in [0.1, 0.15) is 24.1 Å². The Balaban J connectivity index is 1.42. The van der Waals surface area contributed by atoms with Crippen LogP contribution < -0.4 is 4.90 Å². The van der Waals surface area contributed by atoms with E-state index in [0.717, 1.165) is 36.6 Å². The molecule has 1 saturated heterocycles. The Morgan fingerprint density at radius 1 is 1.23 bits per heavy atom. The van der Waals surface area contributed by atoms with Crippen LogP contribution in [0.25, 0.3) is 0 Å². The van der Waals surface area contributed by atoms with Gasteiger partial charge in [0.2, 0.25) is 5.91 Å². The van der Waals surface area contributed by atoms with Crippen molar-refractivity contribution in [2.24, 2.45) is 11.8 Å². The van der Waals surface area contributed by atoms with Crippen LogP contribution in [0.2, 0.25) is 0 Å². The van der Waals surface area contributed by atoms with E-state index in [9.17, 15) is 4.79 Å². The predicted molar refractivity (Wildman–Crippen MR) is 99.7 cm³/mol. The van der Waals surface area contributed by atoms with E-state index in [1.165, 1.54) is 6.42 Å². The summed E-state index contributed by atoms with van der Waals surface area (Å²) in [5.41, 5.74) is 1.91. The van der Waals surface area contributed by atoms with Crippen molar-refractivity contribution >= 4 is 11.7 Å². The van der Waals surface area contributed by atoms with E-state index in [4.69, 9.17) is 0 Å². The molecule has 26 heavy (non-hydrogen) atoms. The molecule has 0 aromatic carbocycles. The summed E-state index contributed by atoms with van der Waals surface area (Å²) in [7, 11) is 2.10. The Kier molecular flexibility index (Phi) is 4.57. The third-order valence-corrected chi connectivity index (χ3v) is 5.88. The zero-order valence-electron chi connectivity index (χ0n) is 15.4. The summed E-state index contributed by atoms with van der Waals surface area (Å²) in [4.78, 5) is 30.0. The molecule has 0 unspecified atom stereocenters. The highest BCUT2D eigenvalue weighted by Gasteiger charge is 2.45. The Labute approximate surface area is 154 Å². The van der Waals surface area contributed by atoms with Crippen LogP contribution in [-0.4, -0.2) is 51.9 Å². The third kappa shape index (κ3) is 3.28. The van der Waals surface area contributed by atoms with Crippen molar-refractivity contribution in [1.29, 1.82) is 0 Å². The monoisotopic (exact) mass is 351 g/mol.